The quantitative estimate of drug-likeness (QED) is 0.0530. The second-order valence-electron chi connectivity index (χ2n) is 13.8. The predicted octanol–water partition coefficient (Wildman–Crippen LogP) is 10.0. The molecule has 2 amide bonds. The summed E-state index contributed by atoms with van der Waals surface area (Å²) in [5, 5.41) is 31.1. The lowest BCUT2D eigenvalue weighted by Gasteiger charge is -2.27. The van der Waals surface area contributed by atoms with Crippen LogP contribution in [-0.2, 0) is 23.9 Å². The number of halogens is 4. The molecule has 0 aliphatic carbocycles. The molecule has 308 valence electrons. The number of benzene rings is 1. The summed E-state index contributed by atoms with van der Waals surface area (Å²) in [6.45, 7) is 2.86. The van der Waals surface area contributed by atoms with Gasteiger partial charge in [-0.3, -0.25) is 9.59 Å². The molecule has 0 radical (unpaired) electrons. The van der Waals surface area contributed by atoms with E-state index >= 15 is 0 Å². The summed E-state index contributed by atoms with van der Waals surface area (Å²) >= 11 is 13.8. The van der Waals surface area contributed by atoms with Gasteiger partial charge in [-0.2, -0.15) is 0 Å². The van der Waals surface area contributed by atoms with Crippen molar-refractivity contribution in [3.63, 3.8) is 0 Å². The molecule has 1 spiro atoms. The fourth-order valence-corrected chi connectivity index (χ4v) is 9.07. The van der Waals surface area contributed by atoms with Crippen LogP contribution in [0.1, 0.15) is 128 Å². The first-order chi connectivity index (χ1) is 26.5. The van der Waals surface area contributed by atoms with Crippen molar-refractivity contribution in [3.8, 4) is 5.75 Å². The van der Waals surface area contributed by atoms with Crippen LogP contribution in [0.2, 0.25) is 0 Å². The van der Waals surface area contributed by atoms with E-state index in [-0.39, 0.29) is 37.7 Å². The predicted molar refractivity (Wildman–Crippen MR) is 230 cm³/mol. The number of ether oxygens (including phenoxy) is 3. The van der Waals surface area contributed by atoms with Crippen molar-refractivity contribution in [3.05, 3.63) is 59.8 Å². The zero-order chi connectivity index (χ0) is 40.1. The average Bonchev–Trinajstić information content (AvgIpc) is 3.41. The number of unbranched alkanes of at least 4 members (excludes halogenated alkanes) is 12. The lowest BCUT2D eigenvalue weighted by molar-refractivity contribution is -0.225. The van der Waals surface area contributed by atoms with Crippen molar-refractivity contribution >= 4 is 81.2 Å². The normalized spacial score (nSPS) is 18.7. The van der Waals surface area contributed by atoms with E-state index in [9.17, 15) is 19.8 Å². The van der Waals surface area contributed by atoms with Gasteiger partial charge in [0.1, 0.15) is 17.8 Å². The first-order valence-corrected chi connectivity index (χ1v) is 22.6. The molecule has 2 heterocycles. The van der Waals surface area contributed by atoms with E-state index in [4.69, 9.17) is 19.0 Å². The van der Waals surface area contributed by atoms with Gasteiger partial charge in [0.25, 0.3) is 5.91 Å². The number of aliphatic hydroxyl groups is 2. The van der Waals surface area contributed by atoms with Gasteiger partial charge in [-0.1, -0.05) is 97.9 Å². The Bertz CT molecular complexity index is 1480. The maximum Gasteiger partial charge on any atom is 0.311 e. The molecule has 1 aromatic rings. The molecule has 4 N–H and O–H groups in total. The molecular weight excluding hydrogens is 970 g/mol. The third-order valence-corrected chi connectivity index (χ3v) is 11.7. The molecule has 2 aliphatic heterocycles. The van der Waals surface area contributed by atoms with E-state index in [1.807, 2.05) is 0 Å². The topological polar surface area (TPSA) is 148 Å². The number of aliphatic hydroxyl groups excluding tert-OH is 2. The van der Waals surface area contributed by atoms with Gasteiger partial charge in [-0.05, 0) is 104 Å². The van der Waals surface area contributed by atoms with Crippen LogP contribution >= 0.6 is 63.7 Å². The zero-order valence-electron chi connectivity index (χ0n) is 32.0. The van der Waals surface area contributed by atoms with E-state index in [0.29, 0.717) is 47.8 Å². The molecule has 15 heteroatoms. The van der Waals surface area contributed by atoms with Crippen LogP contribution in [-0.4, -0.2) is 66.4 Å². The second-order valence-corrected chi connectivity index (χ2v) is 17.3. The second kappa shape index (κ2) is 26.2. The van der Waals surface area contributed by atoms with E-state index in [1.165, 1.54) is 84.0 Å². The number of rotatable bonds is 26. The zero-order valence-corrected chi connectivity index (χ0v) is 38.3. The van der Waals surface area contributed by atoms with Crippen molar-refractivity contribution < 1.29 is 38.9 Å². The fraction of sp³-hybridized carbons (Fsp3) is 0.625. The van der Waals surface area contributed by atoms with E-state index in [0.717, 1.165) is 19.3 Å². The highest BCUT2D eigenvalue weighted by Gasteiger charge is 2.54. The minimum atomic E-state index is -1.62. The number of nitrogens with zero attached hydrogens (tertiary/aromatic N) is 1. The lowest BCUT2D eigenvalue weighted by atomic mass is 10.0. The number of allylic oxidation sites excluding steroid dienone is 3. The average molecular weight is 1030 g/mol. The summed E-state index contributed by atoms with van der Waals surface area (Å²) in [6.07, 6.45) is 21.7. The highest BCUT2D eigenvalue weighted by atomic mass is 79.9. The Kier molecular flexibility index (Phi) is 22.6. The van der Waals surface area contributed by atoms with Gasteiger partial charge in [0.2, 0.25) is 5.91 Å². The molecular formula is C40H57Br4N3O8. The van der Waals surface area contributed by atoms with Crippen LogP contribution in [0.4, 0.5) is 0 Å². The van der Waals surface area contributed by atoms with Crippen molar-refractivity contribution in [2.45, 2.75) is 134 Å². The van der Waals surface area contributed by atoms with E-state index in [2.05, 4.69) is 98.6 Å². The molecule has 0 fully saturated rings. The van der Waals surface area contributed by atoms with Crippen LogP contribution in [0.3, 0.4) is 0 Å². The molecule has 0 saturated carbocycles. The Balaban J connectivity index is 1.26. The van der Waals surface area contributed by atoms with Gasteiger partial charge in [0.15, 0.2) is 11.8 Å². The molecule has 0 aromatic heterocycles. The van der Waals surface area contributed by atoms with Crippen LogP contribution < -0.4 is 15.4 Å². The molecule has 2 aliphatic rings. The molecule has 3 atom stereocenters. The number of nitrogens with one attached hydrogen (secondary N) is 2. The first kappa shape index (κ1) is 47.5. The Morgan fingerprint density at radius 2 is 1.56 bits per heavy atom. The van der Waals surface area contributed by atoms with Crippen molar-refractivity contribution in [2.24, 2.45) is 5.16 Å². The molecule has 0 saturated heterocycles. The summed E-state index contributed by atoms with van der Waals surface area (Å²) in [5.74, 6) is -1.27. The molecule has 0 bridgehead atoms. The Hall–Kier alpha value is -1.91. The number of carbonyl (C=O) groups is 2. The van der Waals surface area contributed by atoms with Gasteiger partial charge in [-0.25, -0.2) is 0 Å². The van der Waals surface area contributed by atoms with Crippen LogP contribution in [0.25, 0.3) is 0 Å². The number of methoxy groups -OCH3 is 1. The highest BCUT2D eigenvalue weighted by molar-refractivity contribution is 9.12. The first-order valence-electron chi connectivity index (χ1n) is 19.4. The molecule has 3 rings (SSSR count). The minimum Gasteiger partial charge on any atom is -0.495 e. The summed E-state index contributed by atoms with van der Waals surface area (Å²) in [7, 11) is 1.50. The summed E-state index contributed by atoms with van der Waals surface area (Å²) < 4.78 is 19.3. The minimum absolute atomic E-state index is 0.0454. The largest absolute Gasteiger partial charge is 0.495 e. The Morgan fingerprint density at radius 1 is 0.945 bits per heavy atom. The van der Waals surface area contributed by atoms with E-state index in [1.54, 1.807) is 12.1 Å². The van der Waals surface area contributed by atoms with Gasteiger partial charge in [0, 0.05) is 24.0 Å². The van der Waals surface area contributed by atoms with Gasteiger partial charge in [-0.15, -0.1) is 0 Å². The third-order valence-electron chi connectivity index (χ3n) is 9.30. The maximum absolute atomic E-state index is 12.8. The van der Waals surface area contributed by atoms with Gasteiger partial charge in [0.05, 0.1) is 39.7 Å². The molecule has 55 heavy (non-hydrogen) atoms. The van der Waals surface area contributed by atoms with Crippen molar-refractivity contribution in [2.75, 3.05) is 26.8 Å². The molecule has 3 unspecified atom stereocenters. The number of hydrogen-bond donors (Lipinski definition) is 4. The highest BCUT2D eigenvalue weighted by Crippen LogP contribution is 2.41. The smallest absolute Gasteiger partial charge is 0.311 e. The SMILES string of the molecule is CCCCCC=CCCCCCCCCCCCC(=O)NCC(O)c1cc(Br)c(OCCCNC(=O)C2=NOC3(CC(Br)=C(OC)C(Br)=CO3)C2O)c(Br)c1. The van der Waals surface area contributed by atoms with Crippen LogP contribution in [0, 0.1) is 0 Å². The Morgan fingerprint density at radius 3 is 2.20 bits per heavy atom. The maximum atomic E-state index is 12.8. The van der Waals surface area contributed by atoms with Gasteiger partial charge < -0.3 is 39.9 Å². The summed E-state index contributed by atoms with van der Waals surface area (Å²) in [4.78, 5) is 30.7. The summed E-state index contributed by atoms with van der Waals surface area (Å²) in [6, 6.07) is 3.51. The fourth-order valence-electron chi connectivity index (χ4n) is 6.09. The number of hydrogen-bond acceptors (Lipinski definition) is 9. The van der Waals surface area contributed by atoms with Crippen molar-refractivity contribution in [1.29, 1.82) is 0 Å². The Labute approximate surface area is 360 Å². The third kappa shape index (κ3) is 16.1. The summed E-state index contributed by atoms with van der Waals surface area (Å²) in [5.41, 5.74) is 0.413. The molecule has 11 nitrogen and oxygen atoms in total. The monoisotopic (exact) mass is 1020 g/mol. The lowest BCUT2D eigenvalue weighted by Crippen LogP contribution is -2.49. The standard InChI is InChI=1S/C40H57Br4N3O8/c1-3-4-5-6-7-8-9-10-11-12-13-14-15-16-17-18-20-34(49)46-26-33(48)28-23-29(41)37(30(42)24-28)53-22-19-21-45-39(51)35-38(50)40(55-47-35)25-31(43)36(52-2)32(44)27-54-40/h7-8,23-24,27,33,38,48,50H,3-6,9-22,25-26H2,1-2H3,(H,45,51)(H,46,49). The van der Waals surface area contributed by atoms with Gasteiger partial charge >= 0.3 is 5.79 Å². The number of amides is 2. The van der Waals surface area contributed by atoms with Crippen molar-refractivity contribution in [1.82, 2.24) is 10.6 Å². The van der Waals surface area contributed by atoms with Crippen LogP contribution in [0.5, 0.6) is 5.75 Å². The molecule has 1 aromatic carbocycles. The number of carbonyl (C=O) groups excluding carboxylic acids is 2. The van der Waals surface area contributed by atoms with Crippen LogP contribution in [0.15, 0.2) is 59.4 Å². The van der Waals surface area contributed by atoms with E-state index < -0.39 is 23.9 Å². The number of oxime groups is 1.